The molecule has 0 aromatic heterocycles. The second-order valence-corrected chi connectivity index (χ2v) is 4.95. The summed E-state index contributed by atoms with van der Waals surface area (Å²) in [4.78, 5) is 22.3. The standard InChI is InChI=1S/C15H29NO3.2Na/c1-3-4-5-6-7-8-9-10-11-12-14(17)19-15(18)13-16-2;;/h16H,3-13H2,1-2H3;;. The van der Waals surface area contributed by atoms with Crippen LogP contribution in [0.5, 0.6) is 0 Å². The molecule has 0 unspecified atom stereocenters. The quantitative estimate of drug-likeness (QED) is 0.260. The number of carbonyl (C=O) groups is 2. The van der Waals surface area contributed by atoms with Gasteiger partial charge >= 0.3 is 11.9 Å². The average Bonchev–Trinajstić information content (AvgIpc) is 2.37. The van der Waals surface area contributed by atoms with E-state index < -0.39 is 11.9 Å². The maximum absolute atomic E-state index is 11.3. The zero-order chi connectivity index (χ0) is 14.3. The summed E-state index contributed by atoms with van der Waals surface area (Å²) in [5.74, 6) is -0.897. The molecular weight excluding hydrogens is 288 g/mol. The van der Waals surface area contributed by atoms with Gasteiger partial charge in [0, 0.05) is 65.5 Å². The zero-order valence-corrected chi connectivity index (χ0v) is 18.5. The number of unbranched alkanes of at least 4 members (excludes halogenated alkanes) is 8. The van der Waals surface area contributed by atoms with Gasteiger partial charge in [-0.3, -0.25) is 9.59 Å². The molecule has 4 nitrogen and oxygen atoms in total. The molecule has 2 radical (unpaired) electrons. The normalized spacial score (nSPS) is 9.43. The van der Waals surface area contributed by atoms with Crippen LogP contribution in [0.25, 0.3) is 0 Å². The first-order valence-electron chi connectivity index (χ1n) is 7.58. The first-order chi connectivity index (χ1) is 9.20. The van der Waals surface area contributed by atoms with Gasteiger partial charge in [0.25, 0.3) is 0 Å². The van der Waals surface area contributed by atoms with Gasteiger partial charge in [-0.1, -0.05) is 58.3 Å². The molecule has 0 amide bonds. The van der Waals surface area contributed by atoms with Crippen molar-refractivity contribution in [3.05, 3.63) is 0 Å². The monoisotopic (exact) mass is 317 g/mol. The number of hydrogen-bond donors (Lipinski definition) is 1. The molecule has 0 atom stereocenters. The number of nitrogens with one attached hydrogen (secondary N) is 1. The maximum atomic E-state index is 11.3. The summed E-state index contributed by atoms with van der Waals surface area (Å²) in [6.45, 7) is 2.31. The van der Waals surface area contributed by atoms with Crippen LogP contribution in [-0.2, 0) is 14.3 Å². The summed E-state index contributed by atoms with van der Waals surface area (Å²) >= 11 is 0. The molecule has 6 heteroatoms. The third-order valence-electron chi connectivity index (χ3n) is 3.03. The molecule has 0 rings (SSSR count). The van der Waals surface area contributed by atoms with Crippen molar-refractivity contribution in [3.63, 3.8) is 0 Å². The molecule has 21 heavy (non-hydrogen) atoms. The predicted octanol–water partition coefficient (Wildman–Crippen LogP) is 2.43. The number of rotatable bonds is 12. The Labute approximate surface area is 174 Å². The third-order valence-corrected chi connectivity index (χ3v) is 3.03. The van der Waals surface area contributed by atoms with Gasteiger partial charge in [-0.25, -0.2) is 0 Å². The van der Waals surface area contributed by atoms with E-state index in [0.717, 1.165) is 12.8 Å². The molecule has 0 aliphatic heterocycles. The van der Waals surface area contributed by atoms with Gasteiger partial charge in [0.05, 0.1) is 6.54 Å². The van der Waals surface area contributed by atoms with Gasteiger partial charge < -0.3 is 10.1 Å². The van der Waals surface area contributed by atoms with Gasteiger partial charge in [-0.05, 0) is 13.5 Å². The summed E-state index contributed by atoms with van der Waals surface area (Å²) in [5, 5.41) is 2.65. The molecule has 0 saturated carbocycles. The number of likely N-dealkylation sites (N-methyl/N-ethyl adjacent to an activating group) is 1. The molecule has 114 valence electrons. The van der Waals surface area contributed by atoms with Gasteiger partial charge in [0.2, 0.25) is 0 Å². The van der Waals surface area contributed by atoms with E-state index >= 15 is 0 Å². The van der Waals surface area contributed by atoms with Crippen LogP contribution in [-0.4, -0.2) is 84.6 Å². The molecule has 0 fully saturated rings. The Kier molecular flexibility index (Phi) is 27.1. The van der Waals surface area contributed by atoms with E-state index in [4.69, 9.17) is 0 Å². The number of carbonyl (C=O) groups excluding carboxylic acids is 2. The Bertz CT molecular complexity index is 251. The fourth-order valence-electron chi connectivity index (χ4n) is 1.94. The Balaban J connectivity index is -0.00000162. The number of ether oxygens (including phenoxy) is 1. The van der Waals surface area contributed by atoms with E-state index in [1.807, 2.05) is 0 Å². The largest absolute Gasteiger partial charge is 0.392 e. The third kappa shape index (κ3) is 21.1. The smallest absolute Gasteiger partial charge is 0.327 e. The van der Waals surface area contributed by atoms with Gasteiger partial charge in [-0.15, -0.1) is 0 Å². The molecule has 0 aliphatic carbocycles. The van der Waals surface area contributed by atoms with Crippen molar-refractivity contribution < 1.29 is 14.3 Å². The number of esters is 2. The van der Waals surface area contributed by atoms with Crippen LogP contribution in [0, 0.1) is 0 Å². The summed E-state index contributed by atoms with van der Waals surface area (Å²) < 4.78 is 4.62. The molecule has 0 bridgehead atoms. The minimum absolute atomic E-state index is 0. The van der Waals surface area contributed by atoms with E-state index in [-0.39, 0.29) is 65.7 Å². The van der Waals surface area contributed by atoms with E-state index in [1.165, 1.54) is 44.9 Å². The van der Waals surface area contributed by atoms with E-state index in [9.17, 15) is 9.59 Å². The SMILES string of the molecule is CCCCCCCCCCCC(=O)OC(=O)CNC.[Na].[Na]. The number of hydrogen-bond acceptors (Lipinski definition) is 4. The minimum atomic E-state index is -0.497. The molecule has 0 aromatic rings. The van der Waals surface area contributed by atoms with Crippen LogP contribution < -0.4 is 5.32 Å². The fraction of sp³-hybridized carbons (Fsp3) is 0.867. The Morgan fingerprint density at radius 2 is 1.29 bits per heavy atom. The molecule has 1 N–H and O–H groups in total. The van der Waals surface area contributed by atoms with Crippen LogP contribution in [0.3, 0.4) is 0 Å². The average molecular weight is 317 g/mol. The van der Waals surface area contributed by atoms with Crippen molar-refractivity contribution in [2.24, 2.45) is 0 Å². The summed E-state index contributed by atoms with van der Waals surface area (Å²) in [5.41, 5.74) is 0. The Morgan fingerprint density at radius 1 is 0.810 bits per heavy atom. The van der Waals surface area contributed by atoms with Crippen LogP contribution in [0.4, 0.5) is 0 Å². The summed E-state index contributed by atoms with van der Waals surface area (Å²) in [7, 11) is 1.65. The van der Waals surface area contributed by atoms with Gasteiger partial charge in [-0.2, -0.15) is 0 Å². The second kappa shape index (κ2) is 21.1. The van der Waals surface area contributed by atoms with Gasteiger partial charge in [0.1, 0.15) is 0 Å². The first-order valence-corrected chi connectivity index (χ1v) is 7.58. The van der Waals surface area contributed by atoms with Crippen molar-refractivity contribution >= 4 is 71.1 Å². The fourth-order valence-corrected chi connectivity index (χ4v) is 1.94. The zero-order valence-electron chi connectivity index (χ0n) is 14.5. The molecule has 0 spiro atoms. The second-order valence-electron chi connectivity index (χ2n) is 4.95. The minimum Gasteiger partial charge on any atom is -0.392 e. The van der Waals surface area contributed by atoms with Crippen LogP contribution >= 0.6 is 0 Å². The van der Waals surface area contributed by atoms with Crippen LogP contribution in [0.1, 0.15) is 71.1 Å². The van der Waals surface area contributed by atoms with Gasteiger partial charge in [0.15, 0.2) is 0 Å². The van der Waals surface area contributed by atoms with Crippen LogP contribution in [0.15, 0.2) is 0 Å². The van der Waals surface area contributed by atoms with E-state index in [1.54, 1.807) is 7.05 Å². The molecular formula is C15H29NNa2O3. The summed E-state index contributed by atoms with van der Waals surface area (Å²) in [6.07, 6.45) is 11.2. The topological polar surface area (TPSA) is 55.4 Å². The van der Waals surface area contributed by atoms with Crippen molar-refractivity contribution in [1.82, 2.24) is 5.32 Å². The van der Waals surface area contributed by atoms with Crippen LogP contribution in [0.2, 0.25) is 0 Å². The molecule has 0 aromatic carbocycles. The van der Waals surface area contributed by atoms with E-state index in [0.29, 0.717) is 6.42 Å². The van der Waals surface area contributed by atoms with E-state index in [2.05, 4.69) is 17.0 Å². The maximum Gasteiger partial charge on any atom is 0.327 e. The predicted molar refractivity (Wildman–Crippen MR) is 88.4 cm³/mol. The van der Waals surface area contributed by atoms with Crippen molar-refractivity contribution in [2.75, 3.05) is 13.6 Å². The first kappa shape index (κ1) is 27.0. The molecule has 0 saturated heterocycles. The molecule has 0 aliphatic rings. The Hall–Kier alpha value is 1.10. The van der Waals surface area contributed by atoms with Crippen molar-refractivity contribution in [3.8, 4) is 0 Å². The molecule has 0 heterocycles. The van der Waals surface area contributed by atoms with Crippen molar-refractivity contribution in [1.29, 1.82) is 0 Å². The summed E-state index contributed by atoms with van der Waals surface area (Å²) in [6, 6.07) is 0. The van der Waals surface area contributed by atoms with Crippen molar-refractivity contribution in [2.45, 2.75) is 71.1 Å². The Morgan fingerprint density at radius 3 is 1.76 bits per heavy atom.